The summed E-state index contributed by atoms with van der Waals surface area (Å²) in [6.45, 7) is 0. The van der Waals surface area contributed by atoms with E-state index in [0.29, 0.717) is 17.3 Å². The number of aromatic carboxylic acids is 1. The number of para-hydroxylation sites is 1. The summed E-state index contributed by atoms with van der Waals surface area (Å²) >= 11 is 0. The van der Waals surface area contributed by atoms with Crippen LogP contribution in [0.1, 0.15) is 21.6 Å². The first-order valence-electron chi connectivity index (χ1n) is 6.92. The van der Waals surface area contributed by atoms with Crippen molar-refractivity contribution < 1.29 is 14.6 Å². The maximum absolute atomic E-state index is 11.5. The zero-order valence-electron chi connectivity index (χ0n) is 12.1. The van der Waals surface area contributed by atoms with Gasteiger partial charge in [0.2, 0.25) is 0 Å². The highest BCUT2D eigenvalue weighted by Crippen LogP contribution is 2.21. The molecule has 4 nitrogen and oxygen atoms in total. The Balaban J connectivity index is 2.01. The van der Waals surface area contributed by atoms with E-state index in [1.165, 1.54) is 0 Å². The molecule has 0 aliphatic heterocycles. The Morgan fingerprint density at radius 3 is 2.55 bits per heavy atom. The van der Waals surface area contributed by atoms with Gasteiger partial charge < -0.3 is 9.84 Å². The molecule has 0 atom stereocenters. The van der Waals surface area contributed by atoms with E-state index in [1.807, 2.05) is 42.5 Å². The predicted octanol–water partition coefficient (Wildman–Crippen LogP) is 3.53. The highest BCUT2D eigenvalue weighted by atomic mass is 16.5. The van der Waals surface area contributed by atoms with Gasteiger partial charge in [-0.05, 0) is 29.8 Å². The lowest BCUT2D eigenvalue weighted by atomic mass is 10.0. The van der Waals surface area contributed by atoms with Crippen molar-refractivity contribution in [2.45, 2.75) is 6.42 Å². The van der Waals surface area contributed by atoms with Crippen molar-refractivity contribution in [1.82, 2.24) is 4.98 Å². The normalized spacial score (nSPS) is 10.6. The van der Waals surface area contributed by atoms with Crippen molar-refractivity contribution in [1.29, 1.82) is 0 Å². The van der Waals surface area contributed by atoms with Crippen LogP contribution >= 0.6 is 0 Å². The first-order valence-corrected chi connectivity index (χ1v) is 6.92. The number of fused-ring (bicyclic) bond motifs is 1. The van der Waals surface area contributed by atoms with Gasteiger partial charge in [0.15, 0.2) is 0 Å². The van der Waals surface area contributed by atoms with Crippen LogP contribution in [0, 0.1) is 0 Å². The van der Waals surface area contributed by atoms with Crippen LogP contribution in [0.15, 0.2) is 54.6 Å². The van der Waals surface area contributed by atoms with Crippen LogP contribution in [-0.4, -0.2) is 23.2 Å². The maximum Gasteiger partial charge on any atom is 0.336 e. The van der Waals surface area contributed by atoms with Gasteiger partial charge in [-0.15, -0.1) is 0 Å². The Morgan fingerprint density at radius 1 is 1.14 bits per heavy atom. The van der Waals surface area contributed by atoms with Crippen molar-refractivity contribution in [2.24, 2.45) is 0 Å². The highest BCUT2D eigenvalue weighted by molar-refractivity contribution is 6.02. The average molecular weight is 293 g/mol. The topological polar surface area (TPSA) is 59.4 Å². The van der Waals surface area contributed by atoms with Gasteiger partial charge in [0.05, 0.1) is 18.2 Å². The van der Waals surface area contributed by atoms with E-state index in [2.05, 4.69) is 4.98 Å². The minimum atomic E-state index is -0.936. The van der Waals surface area contributed by atoms with E-state index in [0.717, 1.165) is 17.0 Å². The molecule has 0 amide bonds. The second kappa shape index (κ2) is 5.85. The molecule has 0 aliphatic rings. The molecule has 0 spiro atoms. The average Bonchev–Trinajstić information content (AvgIpc) is 2.54. The highest BCUT2D eigenvalue weighted by Gasteiger charge is 2.11. The van der Waals surface area contributed by atoms with Gasteiger partial charge in [0.25, 0.3) is 0 Å². The van der Waals surface area contributed by atoms with Crippen molar-refractivity contribution in [3.8, 4) is 5.75 Å². The van der Waals surface area contributed by atoms with E-state index in [4.69, 9.17) is 4.74 Å². The fourth-order valence-corrected chi connectivity index (χ4v) is 2.45. The van der Waals surface area contributed by atoms with Gasteiger partial charge in [-0.1, -0.05) is 30.3 Å². The number of carboxylic acid groups (broad SMARTS) is 1. The fraction of sp³-hybridized carbons (Fsp3) is 0.111. The van der Waals surface area contributed by atoms with E-state index < -0.39 is 5.97 Å². The number of hydrogen-bond donors (Lipinski definition) is 1. The lowest BCUT2D eigenvalue weighted by molar-refractivity contribution is 0.0699. The Labute approximate surface area is 128 Å². The van der Waals surface area contributed by atoms with Crippen molar-refractivity contribution in [2.75, 3.05) is 7.11 Å². The van der Waals surface area contributed by atoms with Crippen molar-refractivity contribution in [3.05, 3.63) is 71.4 Å². The molecule has 2 aromatic carbocycles. The molecule has 3 rings (SSSR count). The van der Waals surface area contributed by atoms with Gasteiger partial charge >= 0.3 is 5.97 Å². The third-order valence-electron chi connectivity index (χ3n) is 3.54. The van der Waals surface area contributed by atoms with Crippen LogP contribution in [0.25, 0.3) is 10.9 Å². The smallest absolute Gasteiger partial charge is 0.336 e. The van der Waals surface area contributed by atoms with E-state index in [9.17, 15) is 9.90 Å². The molecule has 0 saturated heterocycles. The summed E-state index contributed by atoms with van der Waals surface area (Å²) in [5.41, 5.74) is 2.78. The second-order valence-electron chi connectivity index (χ2n) is 5.01. The fourth-order valence-electron chi connectivity index (χ4n) is 2.45. The van der Waals surface area contributed by atoms with Crippen LogP contribution in [-0.2, 0) is 6.42 Å². The molecule has 0 bridgehead atoms. The van der Waals surface area contributed by atoms with Crippen LogP contribution in [0.5, 0.6) is 5.75 Å². The van der Waals surface area contributed by atoms with Gasteiger partial charge in [-0.3, -0.25) is 4.98 Å². The number of methoxy groups -OCH3 is 1. The third-order valence-corrected chi connectivity index (χ3v) is 3.54. The Kier molecular flexibility index (Phi) is 3.74. The summed E-state index contributed by atoms with van der Waals surface area (Å²) in [5, 5.41) is 10.1. The summed E-state index contributed by atoms with van der Waals surface area (Å²) in [6.07, 6.45) is 0.578. The standard InChI is InChI=1S/C18H15NO3/c1-22-14-8-6-12(7-9-14)10-13-11-16(18(20)21)15-4-2-3-5-17(15)19-13/h2-9,11H,10H2,1H3,(H,20,21). The number of carbonyl (C=O) groups is 1. The molecule has 0 radical (unpaired) electrons. The summed E-state index contributed by atoms with van der Waals surface area (Å²) in [4.78, 5) is 16.0. The first kappa shape index (κ1) is 14.1. The minimum Gasteiger partial charge on any atom is -0.497 e. The molecular formula is C18H15NO3. The minimum absolute atomic E-state index is 0.286. The number of ether oxygens (including phenoxy) is 1. The van der Waals surface area contributed by atoms with Crippen molar-refractivity contribution >= 4 is 16.9 Å². The molecule has 1 N–H and O–H groups in total. The summed E-state index contributed by atoms with van der Waals surface area (Å²) in [5.74, 6) is -0.143. The molecule has 1 aromatic heterocycles. The summed E-state index contributed by atoms with van der Waals surface area (Å²) in [7, 11) is 1.62. The number of aromatic nitrogens is 1. The lowest BCUT2D eigenvalue weighted by Gasteiger charge is -2.07. The molecule has 1 heterocycles. The van der Waals surface area contributed by atoms with Gasteiger partial charge in [0.1, 0.15) is 5.75 Å². The zero-order valence-corrected chi connectivity index (χ0v) is 12.1. The number of carboxylic acids is 1. The molecular weight excluding hydrogens is 278 g/mol. The quantitative estimate of drug-likeness (QED) is 0.799. The van der Waals surface area contributed by atoms with Gasteiger partial charge in [-0.2, -0.15) is 0 Å². The van der Waals surface area contributed by atoms with Crippen LogP contribution in [0.2, 0.25) is 0 Å². The molecule has 0 aliphatic carbocycles. The van der Waals surface area contributed by atoms with Crippen LogP contribution < -0.4 is 4.74 Å². The molecule has 0 saturated carbocycles. The third kappa shape index (κ3) is 2.76. The number of rotatable bonds is 4. The summed E-state index contributed by atoms with van der Waals surface area (Å²) < 4.78 is 5.13. The van der Waals surface area contributed by atoms with Crippen LogP contribution in [0.4, 0.5) is 0 Å². The number of hydrogen-bond acceptors (Lipinski definition) is 3. The lowest BCUT2D eigenvalue weighted by Crippen LogP contribution is -2.02. The van der Waals surface area contributed by atoms with Crippen molar-refractivity contribution in [3.63, 3.8) is 0 Å². The maximum atomic E-state index is 11.5. The Morgan fingerprint density at radius 2 is 1.86 bits per heavy atom. The molecule has 3 aromatic rings. The zero-order chi connectivity index (χ0) is 15.5. The van der Waals surface area contributed by atoms with E-state index in [-0.39, 0.29) is 5.56 Å². The Bertz CT molecular complexity index is 825. The number of nitrogens with zero attached hydrogens (tertiary/aromatic N) is 1. The SMILES string of the molecule is COc1ccc(Cc2cc(C(=O)O)c3ccccc3n2)cc1. The molecule has 110 valence electrons. The number of benzene rings is 2. The molecule has 22 heavy (non-hydrogen) atoms. The van der Waals surface area contributed by atoms with E-state index in [1.54, 1.807) is 19.2 Å². The monoisotopic (exact) mass is 293 g/mol. The first-order chi connectivity index (χ1) is 10.7. The Hall–Kier alpha value is -2.88. The second-order valence-corrected chi connectivity index (χ2v) is 5.01. The summed E-state index contributed by atoms with van der Waals surface area (Å²) in [6, 6.07) is 16.6. The van der Waals surface area contributed by atoms with Gasteiger partial charge in [0, 0.05) is 17.5 Å². The molecule has 4 heteroatoms. The molecule has 0 fully saturated rings. The number of pyridine rings is 1. The predicted molar refractivity (Wildman–Crippen MR) is 84.5 cm³/mol. The largest absolute Gasteiger partial charge is 0.497 e. The van der Waals surface area contributed by atoms with Gasteiger partial charge in [-0.25, -0.2) is 4.79 Å². The van der Waals surface area contributed by atoms with E-state index >= 15 is 0 Å². The van der Waals surface area contributed by atoms with Crippen LogP contribution in [0.3, 0.4) is 0 Å². The molecule has 0 unspecified atom stereocenters.